The molecule has 0 radical (unpaired) electrons. The number of benzene rings is 2. The van der Waals surface area contributed by atoms with Crippen molar-refractivity contribution in [1.82, 2.24) is 14.7 Å². The van der Waals surface area contributed by atoms with Gasteiger partial charge in [0.15, 0.2) is 0 Å². The molecule has 0 aliphatic heterocycles. The van der Waals surface area contributed by atoms with E-state index >= 15 is 0 Å². The van der Waals surface area contributed by atoms with Crippen LogP contribution in [0.15, 0.2) is 59.1 Å². The first-order valence-corrected chi connectivity index (χ1v) is 12.5. The van der Waals surface area contributed by atoms with Crippen molar-refractivity contribution in [2.45, 2.75) is 46.0 Å². The van der Waals surface area contributed by atoms with E-state index in [9.17, 15) is 9.59 Å². The lowest BCUT2D eigenvalue weighted by Gasteiger charge is -2.22. The Kier molecular flexibility index (Phi) is 8.55. The third kappa shape index (κ3) is 6.48. The lowest BCUT2D eigenvalue weighted by atomic mass is 9.92. The number of unbranched alkanes of at least 4 members (excludes halogenated alkanes) is 1. The van der Waals surface area contributed by atoms with Gasteiger partial charge in [-0.05, 0) is 36.8 Å². The van der Waals surface area contributed by atoms with Gasteiger partial charge in [-0.1, -0.05) is 79.8 Å². The van der Waals surface area contributed by atoms with Crippen molar-refractivity contribution in [3.8, 4) is 5.69 Å². The molecule has 0 saturated carbocycles. The van der Waals surface area contributed by atoms with Crippen molar-refractivity contribution in [2.75, 3.05) is 18.4 Å². The number of para-hydroxylation sites is 1. The monoisotopic (exact) mass is 544 g/mol. The van der Waals surface area contributed by atoms with Crippen molar-refractivity contribution in [2.24, 2.45) is 0 Å². The van der Waals surface area contributed by atoms with Crippen LogP contribution in [0.1, 0.15) is 56.6 Å². The molecule has 0 atom stereocenters. The lowest BCUT2D eigenvalue weighted by Crippen LogP contribution is -2.39. The first kappa shape index (κ1) is 26.0. The molecule has 180 valence electrons. The number of hydrogen-bond donors (Lipinski definition) is 1. The smallest absolute Gasteiger partial charge is 0.254 e. The molecule has 3 aromatic rings. The molecule has 0 aliphatic rings. The van der Waals surface area contributed by atoms with E-state index in [2.05, 4.69) is 48.9 Å². The number of anilines is 1. The molecule has 1 N–H and O–H groups in total. The van der Waals surface area contributed by atoms with E-state index in [4.69, 9.17) is 16.7 Å². The second-order valence-electron chi connectivity index (χ2n) is 9.17. The highest BCUT2D eigenvalue weighted by Gasteiger charge is 2.24. The van der Waals surface area contributed by atoms with Gasteiger partial charge in [-0.15, -0.1) is 0 Å². The van der Waals surface area contributed by atoms with Gasteiger partial charge >= 0.3 is 0 Å². The molecule has 8 heteroatoms. The summed E-state index contributed by atoms with van der Waals surface area (Å²) in [7, 11) is 0. The summed E-state index contributed by atoms with van der Waals surface area (Å²) < 4.78 is 2.46. The van der Waals surface area contributed by atoms with Gasteiger partial charge in [0.05, 0.1) is 16.4 Å². The number of aromatic nitrogens is 2. The quantitative estimate of drug-likeness (QED) is 0.353. The number of halogens is 2. The van der Waals surface area contributed by atoms with Crippen LogP contribution >= 0.6 is 27.5 Å². The van der Waals surface area contributed by atoms with Gasteiger partial charge < -0.3 is 10.2 Å². The normalized spacial score (nSPS) is 11.4. The zero-order valence-electron chi connectivity index (χ0n) is 19.9. The van der Waals surface area contributed by atoms with Crippen LogP contribution in [-0.4, -0.2) is 39.6 Å². The summed E-state index contributed by atoms with van der Waals surface area (Å²) in [5.41, 5.74) is 1.80. The minimum atomic E-state index is -0.298. The molecular formula is C26H30BrClN4O2. The molecule has 0 fully saturated rings. The molecule has 3 rings (SSSR count). The fourth-order valence-corrected chi connectivity index (χ4v) is 4.02. The van der Waals surface area contributed by atoms with Gasteiger partial charge in [0.2, 0.25) is 5.91 Å². The Morgan fingerprint density at radius 1 is 1.12 bits per heavy atom. The Morgan fingerprint density at radius 3 is 2.50 bits per heavy atom. The molecule has 6 nitrogen and oxygen atoms in total. The Morgan fingerprint density at radius 2 is 1.85 bits per heavy atom. The highest BCUT2D eigenvalue weighted by Crippen LogP contribution is 2.29. The second kappa shape index (κ2) is 11.2. The van der Waals surface area contributed by atoms with E-state index in [1.807, 2.05) is 36.4 Å². The topological polar surface area (TPSA) is 67.2 Å². The van der Waals surface area contributed by atoms with E-state index in [1.54, 1.807) is 27.8 Å². The average molecular weight is 546 g/mol. The number of hydrogen-bond acceptors (Lipinski definition) is 3. The van der Waals surface area contributed by atoms with Crippen molar-refractivity contribution in [3.05, 3.63) is 75.4 Å². The summed E-state index contributed by atoms with van der Waals surface area (Å²) >= 11 is 9.84. The SMILES string of the molecule is CCCCN(CC(=O)Nc1cc(C(C)(C)C)nn1-c1ccccc1Cl)C(=O)c1cccc(Br)c1. The van der Waals surface area contributed by atoms with E-state index in [-0.39, 0.29) is 23.8 Å². The van der Waals surface area contributed by atoms with Gasteiger partial charge in [-0.3, -0.25) is 9.59 Å². The third-order valence-corrected chi connectivity index (χ3v) is 6.11. The van der Waals surface area contributed by atoms with Gasteiger partial charge in [-0.25, -0.2) is 4.68 Å². The maximum atomic E-state index is 13.1. The number of carbonyl (C=O) groups excluding carboxylic acids is 2. The van der Waals surface area contributed by atoms with Gasteiger partial charge in [0, 0.05) is 28.1 Å². The first-order chi connectivity index (χ1) is 16.1. The average Bonchev–Trinajstić information content (AvgIpc) is 3.20. The molecule has 0 saturated heterocycles. The number of nitrogens with one attached hydrogen (secondary N) is 1. The maximum absolute atomic E-state index is 13.1. The van der Waals surface area contributed by atoms with E-state index < -0.39 is 0 Å². The van der Waals surface area contributed by atoms with Crippen LogP contribution in [0.25, 0.3) is 5.69 Å². The zero-order valence-corrected chi connectivity index (χ0v) is 22.3. The lowest BCUT2D eigenvalue weighted by molar-refractivity contribution is -0.116. The fourth-order valence-electron chi connectivity index (χ4n) is 3.40. The van der Waals surface area contributed by atoms with Crippen LogP contribution in [0.5, 0.6) is 0 Å². The number of nitrogens with zero attached hydrogens (tertiary/aromatic N) is 3. The van der Waals surface area contributed by atoms with Crippen molar-refractivity contribution in [1.29, 1.82) is 0 Å². The minimum Gasteiger partial charge on any atom is -0.329 e. The first-order valence-electron chi connectivity index (χ1n) is 11.3. The molecule has 2 amide bonds. The molecule has 0 bridgehead atoms. The summed E-state index contributed by atoms with van der Waals surface area (Å²) in [5.74, 6) is 0.0291. The highest BCUT2D eigenvalue weighted by atomic mass is 79.9. The zero-order chi connectivity index (χ0) is 24.9. The Balaban J connectivity index is 1.87. The summed E-state index contributed by atoms with van der Waals surface area (Å²) in [6.07, 6.45) is 1.72. The maximum Gasteiger partial charge on any atom is 0.254 e. The van der Waals surface area contributed by atoms with Crippen molar-refractivity contribution in [3.63, 3.8) is 0 Å². The van der Waals surface area contributed by atoms with Crippen molar-refractivity contribution >= 4 is 45.2 Å². The molecule has 0 aliphatic carbocycles. The van der Waals surface area contributed by atoms with E-state index in [0.717, 1.165) is 23.0 Å². The predicted molar refractivity (Wildman–Crippen MR) is 141 cm³/mol. The number of amides is 2. The molecule has 2 aromatic carbocycles. The second-order valence-corrected chi connectivity index (χ2v) is 10.5. The fraction of sp³-hybridized carbons (Fsp3) is 0.346. The van der Waals surface area contributed by atoms with E-state index in [0.29, 0.717) is 28.6 Å². The Hall–Kier alpha value is -2.64. The predicted octanol–water partition coefficient (Wildman–Crippen LogP) is 6.47. The summed E-state index contributed by atoms with van der Waals surface area (Å²) in [5, 5.41) is 8.20. The van der Waals surface area contributed by atoms with Gasteiger partial charge in [-0.2, -0.15) is 5.10 Å². The Bertz CT molecular complexity index is 1170. The standard InChI is InChI=1S/C26H30BrClN4O2/c1-5-6-14-31(25(34)18-10-9-11-19(27)15-18)17-24(33)29-23-16-22(26(2,3)4)30-32(23)21-13-8-7-12-20(21)28/h7-13,15-16H,5-6,14,17H2,1-4H3,(H,29,33). The summed E-state index contributed by atoms with van der Waals surface area (Å²) in [6.45, 7) is 8.65. The minimum absolute atomic E-state index is 0.0656. The van der Waals surface area contributed by atoms with Gasteiger partial charge in [0.1, 0.15) is 12.4 Å². The van der Waals surface area contributed by atoms with Crippen LogP contribution < -0.4 is 5.32 Å². The van der Waals surface area contributed by atoms with Crippen LogP contribution in [0.3, 0.4) is 0 Å². The molecule has 0 spiro atoms. The molecule has 1 heterocycles. The van der Waals surface area contributed by atoms with E-state index in [1.165, 1.54) is 0 Å². The van der Waals surface area contributed by atoms with Crippen LogP contribution in [0, 0.1) is 0 Å². The summed E-state index contributed by atoms with van der Waals surface area (Å²) in [4.78, 5) is 27.9. The third-order valence-electron chi connectivity index (χ3n) is 5.30. The van der Waals surface area contributed by atoms with Crippen LogP contribution in [0.4, 0.5) is 5.82 Å². The molecule has 0 unspecified atom stereocenters. The number of rotatable bonds is 8. The van der Waals surface area contributed by atoms with Crippen LogP contribution in [0.2, 0.25) is 5.02 Å². The van der Waals surface area contributed by atoms with Crippen LogP contribution in [-0.2, 0) is 10.2 Å². The molecular weight excluding hydrogens is 516 g/mol. The van der Waals surface area contributed by atoms with Crippen molar-refractivity contribution < 1.29 is 9.59 Å². The highest BCUT2D eigenvalue weighted by molar-refractivity contribution is 9.10. The number of carbonyl (C=O) groups is 2. The van der Waals surface area contributed by atoms with Gasteiger partial charge in [0.25, 0.3) is 5.91 Å². The molecule has 34 heavy (non-hydrogen) atoms. The largest absolute Gasteiger partial charge is 0.329 e. The molecule has 1 aromatic heterocycles. The summed E-state index contributed by atoms with van der Waals surface area (Å²) in [6, 6.07) is 16.4. The Labute approximate surface area is 214 Å².